The van der Waals surface area contributed by atoms with Crippen LogP contribution in [-0.4, -0.2) is 95.2 Å². The van der Waals surface area contributed by atoms with Crippen molar-refractivity contribution in [3.63, 3.8) is 0 Å². The van der Waals surface area contributed by atoms with Gasteiger partial charge in [-0.1, -0.05) is 59.6 Å². The molecule has 37 heavy (non-hydrogen) atoms. The third-order valence-electron chi connectivity index (χ3n) is 6.43. The SMILES string of the molecule is COCCOCCOCCOC1CCN(CC(c2ccccc2)N(C)C(=O)Cc2ccc(Cl)c(Cl)c2)C1. The van der Waals surface area contributed by atoms with E-state index in [0.29, 0.717) is 49.7 Å². The number of methoxy groups -OCH3 is 1. The van der Waals surface area contributed by atoms with Crippen LogP contribution in [0.1, 0.15) is 23.6 Å². The summed E-state index contributed by atoms with van der Waals surface area (Å²) >= 11 is 12.2. The van der Waals surface area contributed by atoms with Crippen molar-refractivity contribution >= 4 is 29.1 Å². The van der Waals surface area contributed by atoms with Gasteiger partial charge in [0.1, 0.15) is 0 Å². The van der Waals surface area contributed by atoms with Gasteiger partial charge in [0.2, 0.25) is 5.91 Å². The quantitative estimate of drug-likeness (QED) is 0.285. The molecule has 7 nitrogen and oxygen atoms in total. The second kappa shape index (κ2) is 16.3. The second-order valence-electron chi connectivity index (χ2n) is 9.11. The van der Waals surface area contributed by atoms with Crippen molar-refractivity contribution in [2.24, 2.45) is 0 Å². The lowest BCUT2D eigenvalue weighted by molar-refractivity contribution is -0.131. The van der Waals surface area contributed by atoms with Gasteiger partial charge in [-0.2, -0.15) is 0 Å². The first kappa shape index (κ1) is 29.8. The van der Waals surface area contributed by atoms with Gasteiger partial charge < -0.3 is 23.8 Å². The molecule has 2 aromatic rings. The molecule has 204 valence electrons. The van der Waals surface area contributed by atoms with Crippen molar-refractivity contribution in [1.82, 2.24) is 9.80 Å². The Bertz CT molecular complexity index is 949. The van der Waals surface area contributed by atoms with Crippen LogP contribution in [0.5, 0.6) is 0 Å². The fourth-order valence-electron chi connectivity index (χ4n) is 4.33. The predicted molar refractivity (Wildman–Crippen MR) is 146 cm³/mol. The molecule has 0 aromatic heterocycles. The van der Waals surface area contributed by atoms with Gasteiger partial charge >= 0.3 is 0 Å². The first-order valence-corrected chi connectivity index (χ1v) is 13.5. The minimum Gasteiger partial charge on any atom is -0.382 e. The van der Waals surface area contributed by atoms with Gasteiger partial charge in [0.15, 0.2) is 0 Å². The van der Waals surface area contributed by atoms with Gasteiger partial charge in [-0.15, -0.1) is 0 Å². The molecule has 1 aliphatic rings. The minimum absolute atomic E-state index is 0.0302. The van der Waals surface area contributed by atoms with Crippen LogP contribution in [0.3, 0.4) is 0 Å². The van der Waals surface area contributed by atoms with Crippen LogP contribution >= 0.6 is 23.2 Å². The Morgan fingerprint density at radius 1 is 1.00 bits per heavy atom. The number of amides is 1. The average molecular weight is 554 g/mol. The Hall–Kier alpha value is -1.71. The smallest absolute Gasteiger partial charge is 0.227 e. The fourth-order valence-corrected chi connectivity index (χ4v) is 4.65. The number of nitrogens with zero attached hydrogens (tertiary/aromatic N) is 2. The van der Waals surface area contributed by atoms with E-state index in [9.17, 15) is 4.79 Å². The first-order valence-electron chi connectivity index (χ1n) is 12.7. The zero-order chi connectivity index (χ0) is 26.5. The van der Waals surface area contributed by atoms with Crippen molar-refractivity contribution in [3.05, 3.63) is 69.7 Å². The van der Waals surface area contributed by atoms with E-state index < -0.39 is 0 Å². The number of carbonyl (C=O) groups is 1. The van der Waals surface area contributed by atoms with Crippen molar-refractivity contribution in [1.29, 1.82) is 0 Å². The largest absolute Gasteiger partial charge is 0.382 e. The van der Waals surface area contributed by atoms with E-state index in [1.165, 1.54) is 0 Å². The zero-order valence-corrected chi connectivity index (χ0v) is 23.3. The van der Waals surface area contributed by atoms with E-state index in [4.69, 9.17) is 42.1 Å². The van der Waals surface area contributed by atoms with Crippen LogP contribution in [0.25, 0.3) is 0 Å². The molecule has 1 aliphatic heterocycles. The molecule has 2 aromatic carbocycles. The van der Waals surface area contributed by atoms with Crippen LogP contribution < -0.4 is 0 Å². The highest BCUT2D eigenvalue weighted by Gasteiger charge is 2.29. The Morgan fingerprint density at radius 3 is 2.41 bits per heavy atom. The molecule has 0 bridgehead atoms. The normalized spacial score (nSPS) is 16.7. The molecule has 2 atom stereocenters. The lowest BCUT2D eigenvalue weighted by atomic mass is 10.0. The topological polar surface area (TPSA) is 60.5 Å². The lowest BCUT2D eigenvalue weighted by Gasteiger charge is -2.32. The Balaban J connectivity index is 1.47. The van der Waals surface area contributed by atoms with E-state index in [0.717, 1.165) is 37.2 Å². The van der Waals surface area contributed by atoms with Gasteiger partial charge in [0.05, 0.1) is 68.3 Å². The summed E-state index contributed by atoms with van der Waals surface area (Å²) in [6.45, 7) is 5.87. The number of benzene rings is 2. The summed E-state index contributed by atoms with van der Waals surface area (Å²) in [4.78, 5) is 17.5. The molecule has 1 amide bonds. The summed E-state index contributed by atoms with van der Waals surface area (Å²) in [5.41, 5.74) is 1.95. The molecular weight excluding hydrogens is 515 g/mol. The van der Waals surface area contributed by atoms with Crippen LogP contribution in [0, 0.1) is 0 Å². The standard InChI is InChI=1S/C28H38Cl2N2O5/c1-31(28(33)19-22-8-9-25(29)26(30)18-22)27(23-6-4-3-5-7-23)21-32-11-10-24(20-32)37-17-16-36-15-14-35-13-12-34-2/h3-9,18,24,27H,10-17,19-21H2,1-2H3. The van der Waals surface area contributed by atoms with Crippen molar-refractivity contribution in [3.8, 4) is 0 Å². The number of carbonyl (C=O) groups excluding carboxylic acids is 1. The molecule has 2 unspecified atom stereocenters. The molecule has 0 N–H and O–H groups in total. The molecule has 0 aliphatic carbocycles. The van der Waals surface area contributed by atoms with Crippen LogP contribution in [0.15, 0.2) is 48.5 Å². The number of rotatable bonds is 16. The summed E-state index contributed by atoms with van der Waals surface area (Å²) in [7, 11) is 3.53. The van der Waals surface area contributed by atoms with E-state index in [1.54, 1.807) is 19.2 Å². The third kappa shape index (κ3) is 10.2. The van der Waals surface area contributed by atoms with Crippen molar-refractivity contribution < 1.29 is 23.7 Å². The van der Waals surface area contributed by atoms with E-state index >= 15 is 0 Å². The predicted octanol–water partition coefficient (Wildman–Crippen LogP) is 4.51. The molecule has 1 saturated heterocycles. The maximum Gasteiger partial charge on any atom is 0.227 e. The molecule has 0 spiro atoms. The Morgan fingerprint density at radius 2 is 1.70 bits per heavy atom. The summed E-state index contributed by atoms with van der Waals surface area (Å²) in [6.07, 6.45) is 1.39. The molecule has 1 fully saturated rings. The Labute approximate surface area is 230 Å². The summed E-state index contributed by atoms with van der Waals surface area (Å²) < 4.78 is 21.9. The third-order valence-corrected chi connectivity index (χ3v) is 7.17. The van der Waals surface area contributed by atoms with E-state index in [-0.39, 0.29) is 24.5 Å². The number of halogens is 2. The number of hydrogen-bond donors (Lipinski definition) is 0. The van der Waals surface area contributed by atoms with Gasteiger partial charge in [-0.05, 0) is 29.7 Å². The number of likely N-dealkylation sites (N-methyl/N-ethyl adjacent to an activating group) is 1. The Kier molecular flexibility index (Phi) is 13.1. The number of hydrogen-bond acceptors (Lipinski definition) is 6. The maximum atomic E-state index is 13.2. The van der Waals surface area contributed by atoms with Crippen LogP contribution in [0.4, 0.5) is 0 Å². The highest BCUT2D eigenvalue weighted by atomic mass is 35.5. The highest BCUT2D eigenvalue weighted by molar-refractivity contribution is 6.42. The summed E-state index contributed by atoms with van der Waals surface area (Å²) in [6, 6.07) is 15.4. The monoisotopic (exact) mass is 552 g/mol. The fraction of sp³-hybridized carbons (Fsp3) is 0.536. The van der Waals surface area contributed by atoms with Gasteiger partial charge in [-0.3, -0.25) is 9.69 Å². The van der Waals surface area contributed by atoms with Crippen LogP contribution in [0.2, 0.25) is 10.0 Å². The van der Waals surface area contributed by atoms with Crippen molar-refractivity contribution in [2.75, 3.05) is 73.4 Å². The highest BCUT2D eigenvalue weighted by Crippen LogP contribution is 2.26. The summed E-state index contributed by atoms with van der Waals surface area (Å²) in [5.74, 6) is 0.0302. The maximum absolute atomic E-state index is 13.2. The minimum atomic E-state index is -0.0725. The number of likely N-dealkylation sites (tertiary alicyclic amines) is 1. The molecule has 3 rings (SSSR count). The molecule has 1 heterocycles. The van der Waals surface area contributed by atoms with Crippen molar-refractivity contribution in [2.45, 2.75) is 25.0 Å². The second-order valence-corrected chi connectivity index (χ2v) is 9.93. The van der Waals surface area contributed by atoms with E-state index in [1.807, 2.05) is 36.2 Å². The van der Waals surface area contributed by atoms with Gasteiger partial charge in [0, 0.05) is 33.8 Å². The van der Waals surface area contributed by atoms with Gasteiger partial charge in [0.25, 0.3) is 0 Å². The lowest BCUT2D eigenvalue weighted by Crippen LogP contribution is -2.39. The number of ether oxygens (including phenoxy) is 4. The molecule has 9 heteroatoms. The van der Waals surface area contributed by atoms with E-state index in [2.05, 4.69) is 17.0 Å². The van der Waals surface area contributed by atoms with Crippen LogP contribution in [-0.2, 0) is 30.2 Å². The average Bonchev–Trinajstić information content (AvgIpc) is 3.36. The molecule has 0 saturated carbocycles. The first-order chi connectivity index (χ1) is 18.0. The summed E-state index contributed by atoms with van der Waals surface area (Å²) in [5, 5.41) is 0.941. The van der Waals surface area contributed by atoms with Gasteiger partial charge in [-0.25, -0.2) is 0 Å². The molecule has 0 radical (unpaired) electrons. The molecular formula is C28H38Cl2N2O5. The zero-order valence-electron chi connectivity index (χ0n) is 21.7.